The normalized spacial score (nSPS) is 17.4. The van der Waals surface area contributed by atoms with Crippen LogP contribution in [0.4, 0.5) is 0 Å². The number of rotatable bonds is 6. The minimum atomic E-state index is -4.10. The summed E-state index contributed by atoms with van der Waals surface area (Å²) in [4.78, 5) is 14.7. The lowest BCUT2D eigenvalue weighted by Crippen LogP contribution is -2.46. The highest BCUT2D eigenvalue weighted by atomic mass is 35.5. The zero-order valence-corrected chi connectivity index (χ0v) is 23.9. The topological polar surface area (TPSA) is 85.4 Å². The summed E-state index contributed by atoms with van der Waals surface area (Å²) in [5.41, 5.74) is 1.40. The van der Waals surface area contributed by atoms with Crippen molar-refractivity contribution in [3.63, 3.8) is 0 Å². The summed E-state index contributed by atoms with van der Waals surface area (Å²) < 4.78 is 47.1. The minimum absolute atomic E-state index is 0.0360. The molecule has 1 aliphatic rings. The van der Waals surface area contributed by atoms with Crippen LogP contribution >= 0.6 is 11.6 Å². The van der Waals surface area contributed by atoms with Crippen molar-refractivity contribution in [2.45, 2.75) is 30.2 Å². The van der Waals surface area contributed by atoms with E-state index in [0.29, 0.717) is 42.9 Å². The maximum atomic E-state index is 14.3. The van der Waals surface area contributed by atoms with Crippen molar-refractivity contribution in [1.82, 2.24) is 9.21 Å². The number of carbonyl (C=O) groups excluding carboxylic acids is 1. The van der Waals surface area contributed by atoms with Crippen molar-refractivity contribution in [3.8, 4) is 17.2 Å². The molecule has 3 aromatic rings. The number of hydrogen-bond donors (Lipinski definition) is 0. The number of sulfonamides is 1. The first-order chi connectivity index (χ1) is 18.8. The summed E-state index contributed by atoms with van der Waals surface area (Å²) in [6.07, 6.45) is 1.56. The van der Waals surface area contributed by atoms with E-state index in [1.54, 1.807) is 36.2 Å². The molecule has 208 valence electrons. The molecule has 0 radical (unpaired) electrons. The Labute approximate surface area is 235 Å². The molecular formula is C29H33ClN2O6S. The minimum Gasteiger partial charge on any atom is -0.495 e. The van der Waals surface area contributed by atoms with Crippen LogP contribution in [-0.4, -0.2) is 70.5 Å². The van der Waals surface area contributed by atoms with Gasteiger partial charge in [-0.25, -0.2) is 8.42 Å². The first kappa shape index (κ1) is 28.7. The molecular weight excluding hydrogens is 540 g/mol. The molecule has 0 spiro atoms. The van der Waals surface area contributed by atoms with Gasteiger partial charge in [0.1, 0.15) is 28.8 Å². The van der Waals surface area contributed by atoms with Crippen molar-refractivity contribution in [2.75, 3.05) is 41.0 Å². The monoisotopic (exact) mass is 572 g/mol. The molecule has 39 heavy (non-hydrogen) atoms. The van der Waals surface area contributed by atoms with Gasteiger partial charge in [-0.05, 0) is 43.0 Å². The number of amides is 1. The molecule has 1 atom stereocenters. The van der Waals surface area contributed by atoms with Gasteiger partial charge in [0.15, 0.2) is 0 Å². The largest absolute Gasteiger partial charge is 0.495 e. The number of fused-ring (bicyclic) bond motifs is 1. The predicted molar refractivity (Wildman–Crippen MR) is 151 cm³/mol. The number of halogens is 1. The molecule has 0 unspecified atom stereocenters. The van der Waals surface area contributed by atoms with Crippen LogP contribution in [0.25, 0.3) is 0 Å². The molecule has 0 aromatic heterocycles. The summed E-state index contributed by atoms with van der Waals surface area (Å²) in [5, 5.41) is 0.163. The van der Waals surface area contributed by atoms with Crippen LogP contribution in [0.3, 0.4) is 0 Å². The van der Waals surface area contributed by atoms with E-state index < -0.39 is 16.1 Å². The second-order valence-electron chi connectivity index (χ2n) is 9.34. The number of hydrogen-bond acceptors (Lipinski definition) is 6. The summed E-state index contributed by atoms with van der Waals surface area (Å²) in [5.74, 6) is 0.732. The Bertz CT molecular complexity index is 1400. The molecule has 0 bridgehead atoms. The van der Waals surface area contributed by atoms with E-state index in [4.69, 9.17) is 25.8 Å². The molecule has 8 nitrogen and oxygen atoms in total. The summed E-state index contributed by atoms with van der Waals surface area (Å²) in [6, 6.07) is 19.0. The lowest BCUT2D eigenvalue weighted by molar-refractivity contribution is 0.0781. The number of benzene rings is 3. The molecule has 3 aromatic carbocycles. The first-order valence-corrected chi connectivity index (χ1v) is 14.5. The van der Waals surface area contributed by atoms with Gasteiger partial charge in [-0.3, -0.25) is 4.79 Å². The Hall–Kier alpha value is -3.27. The lowest BCUT2D eigenvalue weighted by atomic mass is 10.1. The van der Waals surface area contributed by atoms with Gasteiger partial charge in [0.2, 0.25) is 10.0 Å². The van der Waals surface area contributed by atoms with Gasteiger partial charge in [0.05, 0.1) is 30.8 Å². The Morgan fingerprint density at radius 1 is 0.949 bits per heavy atom. The smallest absolute Gasteiger partial charge is 0.257 e. The van der Waals surface area contributed by atoms with Crippen LogP contribution in [0.15, 0.2) is 71.6 Å². The van der Waals surface area contributed by atoms with E-state index >= 15 is 0 Å². The van der Waals surface area contributed by atoms with Crippen molar-refractivity contribution in [2.24, 2.45) is 0 Å². The predicted octanol–water partition coefficient (Wildman–Crippen LogP) is 4.90. The molecule has 1 aliphatic heterocycles. The number of nitrogens with zero attached hydrogens (tertiary/aromatic N) is 2. The van der Waals surface area contributed by atoms with Crippen molar-refractivity contribution >= 4 is 27.5 Å². The van der Waals surface area contributed by atoms with E-state index in [2.05, 4.69) is 0 Å². The number of para-hydroxylation sites is 1. The molecule has 0 saturated carbocycles. The molecule has 0 N–H and O–H groups in total. The van der Waals surface area contributed by atoms with E-state index in [9.17, 15) is 13.2 Å². The third-order valence-electron chi connectivity index (χ3n) is 6.76. The van der Waals surface area contributed by atoms with Gasteiger partial charge in [-0.2, -0.15) is 4.31 Å². The fraction of sp³-hybridized carbons (Fsp3) is 0.345. The third-order valence-corrected chi connectivity index (χ3v) is 9.03. The first-order valence-electron chi connectivity index (χ1n) is 12.7. The highest BCUT2D eigenvalue weighted by molar-refractivity contribution is 7.89. The second-order valence-corrected chi connectivity index (χ2v) is 11.6. The van der Waals surface area contributed by atoms with E-state index in [1.807, 2.05) is 30.3 Å². The van der Waals surface area contributed by atoms with Crippen LogP contribution in [0, 0.1) is 0 Å². The van der Waals surface area contributed by atoms with Crippen molar-refractivity contribution < 1.29 is 27.4 Å². The Morgan fingerprint density at radius 3 is 2.33 bits per heavy atom. The SMILES string of the molecule is COc1cc(OC)c(S(=O)(=O)N2CCCCN(C)C(=O)c3ccccc3OC[C@@H]2Cc2ccccc2)cc1Cl. The van der Waals surface area contributed by atoms with Crippen LogP contribution < -0.4 is 14.2 Å². The highest BCUT2D eigenvalue weighted by Crippen LogP contribution is 2.37. The van der Waals surface area contributed by atoms with Gasteiger partial charge in [-0.1, -0.05) is 54.1 Å². The number of carbonyl (C=O) groups is 1. The fourth-order valence-corrected chi connectivity index (χ4v) is 6.79. The van der Waals surface area contributed by atoms with Crippen molar-refractivity contribution in [1.29, 1.82) is 0 Å². The highest BCUT2D eigenvalue weighted by Gasteiger charge is 2.35. The van der Waals surface area contributed by atoms with Gasteiger partial charge in [0, 0.05) is 26.2 Å². The van der Waals surface area contributed by atoms with Crippen LogP contribution in [0.2, 0.25) is 5.02 Å². The average Bonchev–Trinajstić information content (AvgIpc) is 2.94. The molecule has 4 rings (SSSR count). The number of methoxy groups -OCH3 is 2. The second kappa shape index (κ2) is 12.7. The van der Waals surface area contributed by atoms with Crippen LogP contribution in [-0.2, 0) is 16.4 Å². The lowest BCUT2D eigenvalue weighted by Gasteiger charge is -2.32. The molecule has 0 saturated heterocycles. The zero-order valence-electron chi connectivity index (χ0n) is 22.3. The maximum absolute atomic E-state index is 14.3. The van der Waals surface area contributed by atoms with Crippen LogP contribution in [0.1, 0.15) is 28.8 Å². The molecule has 1 heterocycles. The quantitative estimate of drug-likeness (QED) is 0.417. The molecule has 10 heteroatoms. The third kappa shape index (κ3) is 6.49. The van der Waals surface area contributed by atoms with Gasteiger partial charge in [0.25, 0.3) is 5.91 Å². The van der Waals surface area contributed by atoms with Gasteiger partial charge < -0.3 is 19.1 Å². The van der Waals surface area contributed by atoms with Crippen molar-refractivity contribution in [3.05, 3.63) is 82.9 Å². The average molecular weight is 573 g/mol. The van der Waals surface area contributed by atoms with Crippen LogP contribution in [0.5, 0.6) is 17.2 Å². The summed E-state index contributed by atoms with van der Waals surface area (Å²) >= 11 is 6.38. The zero-order chi connectivity index (χ0) is 28.0. The summed E-state index contributed by atoms with van der Waals surface area (Å²) in [7, 11) is 0.499. The molecule has 0 aliphatic carbocycles. The van der Waals surface area contributed by atoms with E-state index in [1.165, 1.54) is 30.7 Å². The maximum Gasteiger partial charge on any atom is 0.257 e. The standard InChI is InChI=1S/C29H33ClN2O6S/c1-31-15-9-10-16-32(39(34,35)28-18-24(30)26(36-2)19-27(28)37-3)22(17-21-11-5-4-6-12-21)20-38-25-14-8-7-13-23(25)29(31)33/h4-8,11-14,18-19,22H,9-10,15-17,20H2,1-3H3/t22-/m0/s1. The molecule has 1 amide bonds. The molecule has 0 fully saturated rings. The Balaban J connectivity index is 1.80. The fourth-order valence-electron chi connectivity index (χ4n) is 4.67. The number of ether oxygens (including phenoxy) is 3. The van der Waals surface area contributed by atoms with Gasteiger partial charge in [-0.15, -0.1) is 0 Å². The summed E-state index contributed by atoms with van der Waals surface area (Å²) in [6.45, 7) is 0.732. The Kier molecular flexibility index (Phi) is 9.37. The van der Waals surface area contributed by atoms with E-state index in [0.717, 1.165) is 5.56 Å². The van der Waals surface area contributed by atoms with Gasteiger partial charge >= 0.3 is 0 Å². The Morgan fingerprint density at radius 2 is 1.62 bits per heavy atom. The van der Waals surface area contributed by atoms with E-state index in [-0.39, 0.29) is 34.7 Å².